The van der Waals surface area contributed by atoms with Crippen molar-refractivity contribution in [3.63, 3.8) is 0 Å². The van der Waals surface area contributed by atoms with Gasteiger partial charge in [-0.15, -0.1) is 0 Å². The summed E-state index contributed by atoms with van der Waals surface area (Å²) in [6, 6.07) is 10.3. The number of nitrogen functional groups attached to an aromatic ring is 1. The monoisotopic (exact) mass is 500 g/mol. The molecular formula is C25H23Cl2FN4O2. The van der Waals surface area contributed by atoms with E-state index < -0.39 is 17.3 Å². The Hall–Kier alpha value is -2.87. The summed E-state index contributed by atoms with van der Waals surface area (Å²) >= 11 is 12.4. The van der Waals surface area contributed by atoms with E-state index >= 15 is 0 Å². The van der Waals surface area contributed by atoms with Gasteiger partial charge in [-0.1, -0.05) is 35.3 Å². The van der Waals surface area contributed by atoms with Crippen LogP contribution in [0.25, 0.3) is 11.1 Å². The molecule has 3 aromatic rings. The summed E-state index contributed by atoms with van der Waals surface area (Å²) in [6.45, 7) is 3.34. The van der Waals surface area contributed by atoms with Crippen molar-refractivity contribution >= 4 is 40.6 Å². The van der Waals surface area contributed by atoms with Crippen molar-refractivity contribution in [2.24, 2.45) is 0 Å². The molecule has 34 heavy (non-hydrogen) atoms. The molecular weight excluding hydrogens is 478 g/mol. The zero-order valence-corrected chi connectivity index (χ0v) is 19.9. The van der Waals surface area contributed by atoms with E-state index in [-0.39, 0.29) is 16.7 Å². The lowest BCUT2D eigenvalue weighted by Gasteiger charge is -2.32. The lowest BCUT2D eigenvalue weighted by atomic mass is 9.74. The van der Waals surface area contributed by atoms with E-state index in [2.05, 4.69) is 15.6 Å². The number of pyridine rings is 1. The number of ether oxygens (including phenoxy) is 1. The second-order valence-corrected chi connectivity index (χ2v) is 9.46. The van der Waals surface area contributed by atoms with E-state index in [0.717, 1.165) is 48.3 Å². The number of nitrogens with one attached hydrogen (secondary N) is 2. The lowest BCUT2D eigenvalue weighted by Crippen LogP contribution is -2.44. The van der Waals surface area contributed by atoms with Crippen LogP contribution in [-0.2, 0) is 10.2 Å². The number of hydrogen-bond acceptors (Lipinski definition) is 5. The molecule has 6 nitrogen and oxygen atoms in total. The predicted molar refractivity (Wildman–Crippen MR) is 132 cm³/mol. The number of halogens is 3. The minimum atomic E-state index is -0.672. The standard InChI is InChI=1S/C25H23Cl2FN4O2/c1-13(21-17(26)4-5-18(28)22(21)27)34-20-11-15(12-31-23(20)29)14-2-3-16-19(10-14)32-24(33)25(16)6-8-30-9-7-25/h2-5,10-13,30H,6-9H2,1H3,(H2,29,31)(H,32,33)/t13-/m1/s1. The van der Waals surface area contributed by atoms with E-state index in [1.54, 1.807) is 19.2 Å². The van der Waals surface area contributed by atoms with Gasteiger partial charge in [0.1, 0.15) is 11.9 Å². The van der Waals surface area contributed by atoms with Crippen LogP contribution in [0.2, 0.25) is 10.0 Å². The van der Waals surface area contributed by atoms with Crippen molar-refractivity contribution in [2.45, 2.75) is 31.3 Å². The van der Waals surface area contributed by atoms with Crippen molar-refractivity contribution in [2.75, 3.05) is 24.1 Å². The van der Waals surface area contributed by atoms with Gasteiger partial charge < -0.3 is 21.1 Å². The zero-order valence-electron chi connectivity index (χ0n) is 18.4. The normalized spacial score (nSPS) is 17.4. The Morgan fingerprint density at radius 1 is 1.15 bits per heavy atom. The van der Waals surface area contributed by atoms with Crippen LogP contribution >= 0.6 is 23.2 Å². The molecule has 0 radical (unpaired) electrons. The van der Waals surface area contributed by atoms with Gasteiger partial charge in [-0.25, -0.2) is 9.37 Å². The van der Waals surface area contributed by atoms with E-state index in [4.69, 9.17) is 33.7 Å². The topological polar surface area (TPSA) is 89.3 Å². The summed E-state index contributed by atoms with van der Waals surface area (Å²) in [4.78, 5) is 17.1. The molecule has 1 saturated heterocycles. The highest BCUT2D eigenvalue weighted by Gasteiger charge is 2.47. The highest BCUT2D eigenvalue weighted by Crippen LogP contribution is 2.45. The Bertz CT molecular complexity index is 1290. The molecule has 1 fully saturated rings. The Morgan fingerprint density at radius 3 is 2.68 bits per heavy atom. The maximum absolute atomic E-state index is 14.0. The van der Waals surface area contributed by atoms with Crippen LogP contribution in [0.1, 0.15) is 37.0 Å². The molecule has 2 aromatic carbocycles. The number of carbonyl (C=O) groups is 1. The second-order valence-electron chi connectivity index (χ2n) is 8.67. The first-order valence-electron chi connectivity index (χ1n) is 11.0. The maximum Gasteiger partial charge on any atom is 0.235 e. The Morgan fingerprint density at radius 2 is 1.91 bits per heavy atom. The van der Waals surface area contributed by atoms with E-state index in [1.165, 1.54) is 12.1 Å². The summed E-state index contributed by atoms with van der Waals surface area (Å²) in [6.07, 6.45) is 2.52. The quantitative estimate of drug-likeness (QED) is 0.412. The summed E-state index contributed by atoms with van der Waals surface area (Å²) in [7, 11) is 0. The summed E-state index contributed by atoms with van der Waals surface area (Å²) in [5.41, 5.74) is 9.40. The molecule has 1 amide bonds. The molecule has 1 aromatic heterocycles. The third kappa shape index (κ3) is 3.78. The van der Waals surface area contributed by atoms with E-state index in [0.29, 0.717) is 16.3 Å². The molecule has 0 bridgehead atoms. The van der Waals surface area contributed by atoms with Crippen LogP contribution in [-0.4, -0.2) is 24.0 Å². The summed E-state index contributed by atoms with van der Waals surface area (Å²) in [5.74, 6) is -0.0236. The van der Waals surface area contributed by atoms with E-state index in [9.17, 15) is 9.18 Å². The summed E-state index contributed by atoms with van der Waals surface area (Å²) < 4.78 is 20.0. The first kappa shape index (κ1) is 22.9. The fourth-order valence-corrected chi connectivity index (χ4v) is 5.51. The van der Waals surface area contributed by atoms with Crippen LogP contribution in [0.15, 0.2) is 42.6 Å². The molecule has 176 valence electrons. The number of anilines is 2. The molecule has 1 spiro atoms. The van der Waals surface area contributed by atoms with Gasteiger partial charge in [-0.2, -0.15) is 0 Å². The maximum atomic E-state index is 14.0. The van der Waals surface area contributed by atoms with Crippen LogP contribution < -0.4 is 21.1 Å². The van der Waals surface area contributed by atoms with Crippen LogP contribution in [0.3, 0.4) is 0 Å². The van der Waals surface area contributed by atoms with Crippen LogP contribution in [0, 0.1) is 5.82 Å². The van der Waals surface area contributed by atoms with Gasteiger partial charge in [0.15, 0.2) is 11.6 Å². The minimum Gasteiger partial charge on any atom is -0.482 e. The zero-order chi connectivity index (χ0) is 24.0. The Balaban J connectivity index is 1.46. The lowest BCUT2D eigenvalue weighted by molar-refractivity contribution is -0.121. The number of benzene rings is 2. The van der Waals surface area contributed by atoms with Gasteiger partial charge in [0.2, 0.25) is 5.91 Å². The molecule has 0 unspecified atom stereocenters. The molecule has 0 saturated carbocycles. The number of hydrogen-bond donors (Lipinski definition) is 3. The number of amides is 1. The van der Waals surface area contributed by atoms with Crippen LogP contribution in [0.4, 0.5) is 15.9 Å². The van der Waals surface area contributed by atoms with Crippen LogP contribution in [0.5, 0.6) is 5.75 Å². The number of carbonyl (C=O) groups excluding carboxylic acids is 1. The van der Waals surface area contributed by atoms with Gasteiger partial charge in [0, 0.05) is 28.0 Å². The Kier molecular flexibility index (Phi) is 5.88. The molecule has 5 rings (SSSR count). The van der Waals surface area contributed by atoms with Crippen molar-refractivity contribution in [3.8, 4) is 16.9 Å². The first-order valence-corrected chi connectivity index (χ1v) is 11.8. The predicted octanol–water partition coefficient (Wildman–Crippen LogP) is 5.49. The number of fused-ring (bicyclic) bond motifs is 2. The highest BCUT2D eigenvalue weighted by molar-refractivity contribution is 6.36. The fourth-order valence-electron chi connectivity index (χ4n) is 4.83. The number of piperidine rings is 1. The van der Waals surface area contributed by atoms with Gasteiger partial charge in [0.05, 0.1) is 10.4 Å². The van der Waals surface area contributed by atoms with Crippen molar-refractivity contribution in [3.05, 3.63) is 69.6 Å². The van der Waals surface area contributed by atoms with Gasteiger partial charge in [-0.3, -0.25) is 4.79 Å². The van der Waals surface area contributed by atoms with Gasteiger partial charge in [0.25, 0.3) is 0 Å². The smallest absolute Gasteiger partial charge is 0.235 e. The molecule has 2 aliphatic rings. The SMILES string of the molecule is C[C@@H](Oc1cc(-c2ccc3c(c2)NC(=O)C32CCNCC2)cnc1N)c1c(Cl)ccc(F)c1Cl. The van der Waals surface area contributed by atoms with E-state index in [1.807, 2.05) is 18.2 Å². The molecule has 1 atom stereocenters. The molecule has 4 N–H and O–H groups in total. The average Bonchev–Trinajstić information content (AvgIpc) is 3.08. The third-order valence-electron chi connectivity index (χ3n) is 6.68. The van der Waals surface area contributed by atoms with Gasteiger partial charge in [-0.05, 0) is 68.2 Å². The average molecular weight is 501 g/mol. The molecule has 0 aliphatic carbocycles. The Labute approximate surface area is 206 Å². The minimum absolute atomic E-state index is 0.0540. The number of nitrogens with zero attached hydrogens (tertiary/aromatic N) is 1. The molecule has 2 aliphatic heterocycles. The fraction of sp³-hybridized carbons (Fsp3) is 0.280. The number of rotatable bonds is 4. The largest absolute Gasteiger partial charge is 0.482 e. The van der Waals surface area contributed by atoms with Gasteiger partial charge >= 0.3 is 0 Å². The first-order chi connectivity index (χ1) is 16.3. The van der Waals surface area contributed by atoms with Crippen molar-refractivity contribution in [1.82, 2.24) is 10.3 Å². The third-order valence-corrected chi connectivity index (χ3v) is 7.39. The number of aromatic nitrogens is 1. The second kappa shape index (κ2) is 8.73. The highest BCUT2D eigenvalue weighted by atomic mass is 35.5. The van der Waals surface area contributed by atoms with Crippen molar-refractivity contribution in [1.29, 1.82) is 0 Å². The number of nitrogens with two attached hydrogens (primary N) is 1. The van der Waals surface area contributed by atoms with Crippen molar-refractivity contribution < 1.29 is 13.9 Å². The molecule has 9 heteroatoms. The summed E-state index contributed by atoms with van der Waals surface area (Å²) in [5, 5.41) is 6.58. The molecule has 3 heterocycles.